The maximum atomic E-state index is 12.3. The number of carbonyl (C=O) groups excluding carboxylic acids is 3. The molecule has 27 heavy (non-hydrogen) atoms. The van der Waals surface area contributed by atoms with Gasteiger partial charge in [-0.05, 0) is 42.0 Å². The van der Waals surface area contributed by atoms with Crippen molar-refractivity contribution in [3.05, 3.63) is 83.9 Å². The first-order chi connectivity index (χ1) is 13.0. The summed E-state index contributed by atoms with van der Waals surface area (Å²) in [4.78, 5) is 36.2. The highest BCUT2D eigenvalue weighted by atomic mass is 16.5. The van der Waals surface area contributed by atoms with Crippen molar-refractivity contribution >= 4 is 28.6 Å². The Kier molecular flexibility index (Phi) is 5.47. The number of amides is 2. The summed E-state index contributed by atoms with van der Waals surface area (Å²) in [5.41, 5.74) is 5.29. The second-order valence-corrected chi connectivity index (χ2v) is 5.92. The van der Waals surface area contributed by atoms with Crippen molar-refractivity contribution in [1.29, 1.82) is 0 Å². The molecule has 2 N–H and O–H groups in total. The summed E-state index contributed by atoms with van der Waals surface area (Å²) < 4.78 is 5.18. The third-order valence-corrected chi connectivity index (χ3v) is 3.97. The number of ether oxygens (including phenoxy) is 1. The zero-order valence-electron chi connectivity index (χ0n) is 14.6. The monoisotopic (exact) mass is 362 g/mol. The van der Waals surface area contributed by atoms with E-state index in [9.17, 15) is 14.4 Å². The number of hydrogen-bond donors (Lipinski definition) is 2. The molecule has 136 valence electrons. The van der Waals surface area contributed by atoms with Crippen LogP contribution in [0.3, 0.4) is 0 Å². The molecular formula is C21H18N2O4. The number of benzene rings is 3. The molecule has 0 bridgehead atoms. The maximum absolute atomic E-state index is 12.3. The van der Waals surface area contributed by atoms with Crippen molar-refractivity contribution in [2.45, 2.75) is 13.0 Å². The van der Waals surface area contributed by atoms with E-state index in [0.29, 0.717) is 11.1 Å². The summed E-state index contributed by atoms with van der Waals surface area (Å²) >= 11 is 0. The van der Waals surface area contributed by atoms with E-state index in [0.717, 1.165) is 10.8 Å². The Morgan fingerprint density at radius 1 is 0.778 bits per heavy atom. The summed E-state index contributed by atoms with van der Waals surface area (Å²) in [5.74, 6) is -1.71. The van der Waals surface area contributed by atoms with E-state index in [2.05, 4.69) is 10.9 Å². The van der Waals surface area contributed by atoms with Crippen LogP contribution in [0.1, 0.15) is 27.6 Å². The Morgan fingerprint density at radius 2 is 1.44 bits per heavy atom. The van der Waals surface area contributed by atoms with Crippen LogP contribution in [0.2, 0.25) is 0 Å². The third kappa shape index (κ3) is 4.49. The number of hydrogen-bond acceptors (Lipinski definition) is 4. The van der Waals surface area contributed by atoms with Gasteiger partial charge in [0.2, 0.25) is 0 Å². The normalized spacial score (nSPS) is 11.4. The first-order valence-corrected chi connectivity index (χ1v) is 8.39. The van der Waals surface area contributed by atoms with Crippen LogP contribution < -0.4 is 10.9 Å². The molecule has 0 fully saturated rings. The molecule has 3 rings (SSSR count). The van der Waals surface area contributed by atoms with E-state index in [1.165, 1.54) is 6.92 Å². The molecule has 0 aliphatic rings. The van der Waals surface area contributed by atoms with Gasteiger partial charge in [-0.2, -0.15) is 0 Å². The highest BCUT2D eigenvalue weighted by Gasteiger charge is 2.19. The number of fused-ring (bicyclic) bond motifs is 1. The van der Waals surface area contributed by atoms with Gasteiger partial charge >= 0.3 is 5.97 Å². The van der Waals surface area contributed by atoms with Crippen molar-refractivity contribution in [2.75, 3.05) is 0 Å². The summed E-state index contributed by atoms with van der Waals surface area (Å²) in [6.45, 7) is 1.43. The summed E-state index contributed by atoms with van der Waals surface area (Å²) in [5, 5.41) is 1.91. The number of hydrazine groups is 1. The number of nitrogens with one attached hydrogen (secondary N) is 2. The van der Waals surface area contributed by atoms with Crippen molar-refractivity contribution in [3.8, 4) is 0 Å². The topological polar surface area (TPSA) is 84.5 Å². The van der Waals surface area contributed by atoms with Crippen molar-refractivity contribution < 1.29 is 19.1 Å². The van der Waals surface area contributed by atoms with Crippen molar-refractivity contribution in [3.63, 3.8) is 0 Å². The lowest BCUT2D eigenvalue weighted by Crippen LogP contribution is -2.46. The van der Waals surface area contributed by atoms with Crippen LogP contribution in [-0.2, 0) is 9.53 Å². The Labute approximate surface area is 156 Å². The molecule has 0 aliphatic heterocycles. The molecule has 0 unspecified atom stereocenters. The fraction of sp³-hybridized carbons (Fsp3) is 0.0952. The van der Waals surface area contributed by atoms with Gasteiger partial charge in [0.1, 0.15) is 0 Å². The first-order valence-electron chi connectivity index (χ1n) is 8.39. The fourth-order valence-electron chi connectivity index (χ4n) is 2.48. The van der Waals surface area contributed by atoms with Crippen LogP contribution in [0.15, 0.2) is 72.8 Å². The predicted octanol–water partition coefficient (Wildman–Crippen LogP) is 2.85. The van der Waals surface area contributed by atoms with E-state index in [-0.39, 0.29) is 0 Å². The molecule has 3 aromatic carbocycles. The SMILES string of the molecule is C[C@@H](OC(=O)c1ccc2ccccc2c1)C(=O)NNC(=O)c1ccccc1. The van der Waals surface area contributed by atoms with Crippen LogP contribution in [0.5, 0.6) is 0 Å². The van der Waals surface area contributed by atoms with E-state index in [4.69, 9.17) is 4.74 Å². The van der Waals surface area contributed by atoms with Gasteiger partial charge in [-0.25, -0.2) is 4.79 Å². The lowest BCUT2D eigenvalue weighted by Gasteiger charge is -2.14. The van der Waals surface area contributed by atoms with Crippen LogP contribution in [-0.4, -0.2) is 23.9 Å². The van der Waals surface area contributed by atoms with Crippen LogP contribution >= 0.6 is 0 Å². The standard InChI is InChI=1S/C21H18N2O4/c1-14(19(24)22-23-20(25)16-8-3-2-4-9-16)27-21(26)18-12-11-15-7-5-6-10-17(15)13-18/h2-14H,1H3,(H,22,24)(H,23,25)/t14-/m1/s1. The van der Waals surface area contributed by atoms with E-state index in [1.807, 2.05) is 30.3 Å². The second-order valence-electron chi connectivity index (χ2n) is 5.92. The summed E-state index contributed by atoms with van der Waals surface area (Å²) in [7, 11) is 0. The molecule has 0 aliphatic carbocycles. The number of esters is 1. The molecule has 0 heterocycles. The molecule has 1 atom stereocenters. The smallest absolute Gasteiger partial charge is 0.338 e. The highest BCUT2D eigenvalue weighted by Crippen LogP contribution is 2.16. The predicted molar refractivity (Wildman–Crippen MR) is 101 cm³/mol. The molecule has 0 radical (unpaired) electrons. The summed E-state index contributed by atoms with van der Waals surface area (Å²) in [6, 6.07) is 21.2. The fourth-order valence-corrected chi connectivity index (χ4v) is 2.48. The van der Waals surface area contributed by atoms with Gasteiger partial charge in [0.15, 0.2) is 6.10 Å². The van der Waals surface area contributed by atoms with Crippen LogP contribution in [0.25, 0.3) is 10.8 Å². The van der Waals surface area contributed by atoms with Gasteiger partial charge in [-0.15, -0.1) is 0 Å². The van der Waals surface area contributed by atoms with Gasteiger partial charge in [0.05, 0.1) is 5.56 Å². The first kappa shape index (κ1) is 18.1. The van der Waals surface area contributed by atoms with E-state index >= 15 is 0 Å². The Balaban J connectivity index is 1.56. The van der Waals surface area contributed by atoms with E-state index in [1.54, 1.807) is 42.5 Å². The van der Waals surface area contributed by atoms with Crippen molar-refractivity contribution in [2.24, 2.45) is 0 Å². The molecule has 0 spiro atoms. The minimum Gasteiger partial charge on any atom is -0.449 e. The third-order valence-electron chi connectivity index (χ3n) is 3.97. The molecule has 0 aromatic heterocycles. The quantitative estimate of drug-likeness (QED) is 0.552. The minimum absolute atomic E-state index is 0.349. The number of carbonyl (C=O) groups is 3. The summed E-state index contributed by atoms with van der Waals surface area (Å²) in [6.07, 6.45) is -1.07. The van der Waals surface area contributed by atoms with Gasteiger partial charge in [-0.3, -0.25) is 20.4 Å². The van der Waals surface area contributed by atoms with E-state index < -0.39 is 23.9 Å². The molecule has 0 saturated heterocycles. The highest BCUT2D eigenvalue weighted by molar-refractivity contribution is 5.98. The zero-order chi connectivity index (χ0) is 19.2. The van der Waals surface area contributed by atoms with Gasteiger partial charge in [0, 0.05) is 5.56 Å². The molecule has 6 heteroatoms. The van der Waals surface area contributed by atoms with Gasteiger partial charge < -0.3 is 4.74 Å². The zero-order valence-corrected chi connectivity index (χ0v) is 14.6. The second kappa shape index (κ2) is 8.14. The van der Waals surface area contributed by atoms with Gasteiger partial charge in [0.25, 0.3) is 11.8 Å². The average molecular weight is 362 g/mol. The molecular weight excluding hydrogens is 344 g/mol. The Hall–Kier alpha value is -3.67. The molecule has 6 nitrogen and oxygen atoms in total. The minimum atomic E-state index is -1.07. The molecule has 3 aromatic rings. The van der Waals surface area contributed by atoms with Crippen LogP contribution in [0.4, 0.5) is 0 Å². The Bertz CT molecular complexity index is 986. The Morgan fingerprint density at radius 3 is 2.19 bits per heavy atom. The average Bonchev–Trinajstić information content (AvgIpc) is 2.71. The van der Waals surface area contributed by atoms with Crippen LogP contribution in [0, 0.1) is 0 Å². The largest absolute Gasteiger partial charge is 0.449 e. The van der Waals surface area contributed by atoms with Crippen molar-refractivity contribution in [1.82, 2.24) is 10.9 Å². The van der Waals surface area contributed by atoms with Gasteiger partial charge in [-0.1, -0.05) is 48.5 Å². The lowest BCUT2D eigenvalue weighted by atomic mass is 10.1. The lowest BCUT2D eigenvalue weighted by molar-refractivity contribution is -0.129. The molecule has 2 amide bonds. The molecule has 0 saturated carbocycles. The number of rotatable bonds is 4. The maximum Gasteiger partial charge on any atom is 0.338 e.